The van der Waals surface area contributed by atoms with Crippen molar-refractivity contribution in [1.29, 1.82) is 0 Å². The summed E-state index contributed by atoms with van der Waals surface area (Å²) in [7, 11) is 0. The highest BCUT2D eigenvalue weighted by atomic mass is 127. The minimum absolute atomic E-state index is 0.0219. The van der Waals surface area contributed by atoms with Crippen molar-refractivity contribution in [2.24, 2.45) is 0 Å². The molecule has 0 atom stereocenters. The normalized spacial score (nSPS) is 12.4. The lowest BCUT2D eigenvalue weighted by molar-refractivity contribution is -0.141. The van der Waals surface area contributed by atoms with Gasteiger partial charge in [-0.3, -0.25) is 0 Å². The van der Waals surface area contributed by atoms with Gasteiger partial charge in [-0.1, -0.05) is 12.1 Å². The monoisotopic (exact) mass is 484 g/mol. The van der Waals surface area contributed by atoms with Crippen LogP contribution >= 0.6 is 22.6 Å². The Bertz CT molecular complexity index is 931. The van der Waals surface area contributed by atoms with Gasteiger partial charge in [0.05, 0.1) is 11.3 Å². The zero-order valence-electron chi connectivity index (χ0n) is 12.5. The van der Waals surface area contributed by atoms with Crippen LogP contribution in [0.4, 0.5) is 26.3 Å². The van der Waals surface area contributed by atoms with E-state index < -0.39 is 23.6 Å². The second kappa shape index (κ2) is 6.52. The summed E-state index contributed by atoms with van der Waals surface area (Å²) in [5, 5.41) is 0. The van der Waals surface area contributed by atoms with E-state index in [-0.39, 0.29) is 22.9 Å². The Morgan fingerprint density at radius 2 is 1.50 bits per heavy atom. The van der Waals surface area contributed by atoms with Crippen LogP contribution in [-0.2, 0) is 12.4 Å². The zero-order chi connectivity index (χ0) is 19.1. The molecule has 1 N–H and O–H groups in total. The van der Waals surface area contributed by atoms with Crippen LogP contribution in [0.2, 0.25) is 0 Å². The molecule has 0 aliphatic rings. The molecule has 0 aliphatic carbocycles. The number of hydrogen-bond acceptors (Lipinski definition) is 3. The van der Waals surface area contributed by atoms with Crippen molar-refractivity contribution in [3.05, 3.63) is 51.5 Å². The van der Waals surface area contributed by atoms with E-state index in [0.717, 1.165) is 24.3 Å². The van der Waals surface area contributed by atoms with Crippen LogP contribution in [0.1, 0.15) is 11.3 Å². The summed E-state index contributed by atoms with van der Waals surface area (Å²) >= 11 is 1.86. The quantitative estimate of drug-likeness (QED) is 0.403. The Morgan fingerprint density at radius 3 is 2.00 bits per heavy atom. The molecule has 0 aliphatic heterocycles. The summed E-state index contributed by atoms with van der Waals surface area (Å²) in [5.41, 5.74) is -2.20. The fraction of sp³-hybridized carbons (Fsp3) is 0.133. The number of imidazole rings is 1. The Labute approximate surface area is 155 Å². The third-order valence-corrected chi connectivity index (χ3v) is 3.84. The number of H-pyrrole nitrogens is 1. The smallest absolute Gasteiger partial charge is 0.341 e. The topological polar surface area (TPSA) is 54.5 Å². The van der Waals surface area contributed by atoms with Gasteiger partial charge in [-0.15, -0.1) is 0 Å². The third kappa shape index (κ3) is 3.97. The van der Waals surface area contributed by atoms with Crippen LogP contribution in [0.3, 0.4) is 0 Å². The van der Waals surface area contributed by atoms with Gasteiger partial charge in [0.25, 0.3) is 0 Å². The van der Waals surface area contributed by atoms with Crippen LogP contribution in [0.25, 0.3) is 22.9 Å². The lowest BCUT2D eigenvalue weighted by Gasteiger charge is -2.11. The molecule has 0 saturated heterocycles. The first-order valence-electron chi connectivity index (χ1n) is 6.89. The van der Waals surface area contributed by atoms with Crippen LogP contribution in [0.5, 0.6) is 0 Å². The second-order valence-corrected chi connectivity index (χ2v) is 6.21. The van der Waals surface area contributed by atoms with Gasteiger partial charge in [-0.05, 0) is 40.8 Å². The minimum Gasteiger partial charge on any atom is -0.341 e. The highest BCUT2D eigenvalue weighted by Crippen LogP contribution is 2.33. The van der Waals surface area contributed by atoms with E-state index in [2.05, 4.69) is 19.9 Å². The van der Waals surface area contributed by atoms with E-state index in [1.165, 1.54) is 6.20 Å². The summed E-state index contributed by atoms with van der Waals surface area (Å²) in [6, 6.07) is 4.35. The van der Waals surface area contributed by atoms with E-state index in [9.17, 15) is 26.3 Å². The molecule has 1 aromatic carbocycles. The van der Waals surface area contributed by atoms with Crippen molar-refractivity contribution in [2.75, 3.05) is 0 Å². The number of aromatic amines is 1. The van der Waals surface area contributed by atoms with Crippen molar-refractivity contribution < 1.29 is 26.3 Å². The maximum atomic E-state index is 13.1. The fourth-order valence-electron chi connectivity index (χ4n) is 2.09. The number of rotatable bonds is 2. The first-order chi connectivity index (χ1) is 12.0. The number of nitrogens with one attached hydrogen (secondary N) is 1. The maximum Gasteiger partial charge on any atom is 0.433 e. The number of hydrogen-bond donors (Lipinski definition) is 1. The van der Waals surface area contributed by atoms with Crippen molar-refractivity contribution in [3.8, 4) is 22.9 Å². The number of nitrogens with zero attached hydrogens (tertiary/aromatic N) is 3. The van der Waals surface area contributed by atoms with Gasteiger partial charge >= 0.3 is 12.4 Å². The molecule has 0 radical (unpaired) electrons. The van der Waals surface area contributed by atoms with Gasteiger partial charge in [0, 0.05) is 11.8 Å². The van der Waals surface area contributed by atoms with Gasteiger partial charge in [0.15, 0.2) is 11.6 Å². The molecule has 0 fully saturated rings. The van der Waals surface area contributed by atoms with Crippen molar-refractivity contribution >= 4 is 22.6 Å². The molecule has 2 aromatic heterocycles. The molecule has 0 amide bonds. The molecular formula is C15H7F6IN4. The summed E-state index contributed by atoms with van der Waals surface area (Å²) in [6.45, 7) is 0. The van der Waals surface area contributed by atoms with Crippen LogP contribution in [0.15, 0.2) is 36.5 Å². The molecular weight excluding hydrogens is 477 g/mol. The first kappa shape index (κ1) is 18.6. The Balaban J connectivity index is 2.11. The molecule has 11 heteroatoms. The fourth-order valence-corrected chi connectivity index (χ4v) is 2.49. The number of halogens is 7. The molecule has 0 saturated carbocycles. The summed E-state index contributed by atoms with van der Waals surface area (Å²) in [4.78, 5) is 14.1. The number of benzene rings is 1. The summed E-state index contributed by atoms with van der Waals surface area (Å²) in [6.07, 6.45) is -7.84. The minimum atomic E-state index is -4.75. The average molecular weight is 484 g/mol. The van der Waals surface area contributed by atoms with E-state index in [1.54, 1.807) is 0 Å². The van der Waals surface area contributed by atoms with Crippen molar-refractivity contribution in [3.63, 3.8) is 0 Å². The predicted molar refractivity (Wildman–Crippen MR) is 87.8 cm³/mol. The Kier molecular flexibility index (Phi) is 4.67. The summed E-state index contributed by atoms with van der Waals surface area (Å²) < 4.78 is 77.8. The van der Waals surface area contributed by atoms with Crippen LogP contribution in [0, 0.1) is 3.70 Å². The van der Waals surface area contributed by atoms with Gasteiger partial charge < -0.3 is 4.98 Å². The van der Waals surface area contributed by atoms with E-state index in [1.807, 2.05) is 22.6 Å². The highest BCUT2D eigenvalue weighted by Gasteiger charge is 2.34. The zero-order valence-corrected chi connectivity index (χ0v) is 14.6. The molecule has 26 heavy (non-hydrogen) atoms. The van der Waals surface area contributed by atoms with Gasteiger partial charge in [-0.2, -0.15) is 26.3 Å². The molecule has 0 bridgehead atoms. The predicted octanol–water partition coefficient (Wildman–Crippen LogP) is 5.18. The first-order valence-corrected chi connectivity index (χ1v) is 7.97. The van der Waals surface area contributed by atoms with E-state index in [4.69, 9.17) is 0 Å². The van der Waals surface area contributed by atoms with Crippen LogP contribution in [-0.4, -0.2) is 19.9 Å². The lowest BCUT2D eigenvalue weighted by Crippen LogP contribution is -2.10. The highest BCUT2D eigenvalue weighted by molar-refractivity contribution is 14.1. The Hall–Kier alpha value is -2.18. The van der Waals surface area contributed by atoms with E-state index >= 15 is 0 Å². The molecule has 3 rings (SSSR count). The van der Waals surface area contributed by atoms with Crippen molar-refractivity contribution in [1.82, 2.24) is 19.9 Å². The molecule has 0 unspecified atom stereocenters. The maximum absolute atomic E-state index is 13.1. The molecule has 2 heterocycles. The van der Waals surface area contributed by atoms with Crippen molar-refractivity contribution in [2.45, 2.75) is 12.4 Å². The largest absolute Gasteiger partial charge is 0.433 e. The third-order valence-electron chi connectivity index (χ3n) is 3.28. The SMILES string of the molecule is FC(F)(F)c1ccc(-c2cc(C(F)(F)F)nc(-c3nc(I)c[nH]3)n2)cc1. The Morgan fingerprint density at radius 1 is 0.846 bits per heavy atom. The van der Waals surface area contributed by atoms with Gasteiger partial charge in [-0.25, -0.2) is 15.0 Å². The van der Waals surface area contributed by atoms with Gasteiger partial charge in [0.2, 0.25) is 0 Å². The average Bonchev–Trinajstić information content (AvgIpc) is 2.99. The summed E-state index contributed by atoms with van der Waals surface area (Å²) in [5.74, 6) is -0.286. The number of alkyl halides is 6. The number of aromatic nitrogens is 4. The van der Waals surface area contributed by atoms with Gasteiger partial charge in [0.1, 0.15) is 9.39 Å². The standard InChI is InChI=1S/C15H7F6IN4/c16-14(17,18)8-3-1-7(2-4-8)9-5-10(15(19,20)21)25-13(24-9)12-23-6-11(22)26-12/h1-6H,(H,23,26). The molecule has 4 nitrogen and oxygen atoms in total. The molecule has 0 spiro atoms. The molecule has 3 aromatic rings. The lowest BCUT2D eigenvalue weighted by atomic mass is 10.1. The van der Waals surface area contributed by atoms with Crippen LogP contribution < -0.4 is 0 Å². The van der Waals surface area contributed by atoms with E-state index in [0.29, 0.717) is 9.77 Å². The molecule has 136 valence electrons. The second-order valence-electron chi connectivity index (χ2n) is 5.11.